The predicted octanol–water partition coefficient (Wildman–Crippen LogP) is 1.88. The molecular formula is C11H11FO4. The Labute approximate surface area is 91.7 Å². The summed E-state index contributed by atoms with van der Waals surface area (Å²) in [6.45, 7) is 0. The molecule has 5 heteroatoms. The first-order valence-electron chi connectivity index (χ1n) is 4.62. The molecule has 4 nitrogen and oxygen atoms in total. The lowest BCUT2D eigenvalue weighted by Crippen LogP contribution is -2.04. The minimum Gasteiger partial charge on any atom is -0.497 e. The van der Waals surface area contributed by atoms with Crippen molar-refractivity contribution < 1.29 is 23.8 Å². The van der Waals surface area contributed by atoms with Crippen molar-refractivity contribution in [2.75, 3.05) is 7.11 Å². The van der Waals surface area contributed by atoms with E-state index in [2.05, 4.69) is 0 Å². The second-order valence-electron chi connectivity index (χ2n) is 3.20. The predicted molar refractivity (Wildman–Crippen MR) is 54.2 cm³/mol. The van der Waals surface area contributed by atoms with E-state index in [0.717, 1.165) is 12.1 Å². The zero-order valence-corrected chi connectivity index (χ0v) is 8.70. The Kier molecular flexibility index (Phi) is 3.99. The quantitative estimate of drug-likeness (QED) is 0.778. The lowest BCUT2D eigenvalue weighted by molar-refractivity contribution is -0.136. The molecule has 0 fully saturated rings. The van der Waals surface area contributed by atoms with Crippen molar-refractivity contribution in [2.24, 2.45) is 0 Å². The molecule has 0 aromatic heterocycles. The number of methoxy groups -OCH3 is 1. The molecule has 1 aromatic carbocycles. The van der Waals surface area contributed by atoms with Gasteiger partial charge < -0.3 is 9.84 Å². The first kappa shape index (κ1) is 12.2. The van der Waals surface area contributed by atoms with Gasteiger partial charge in [0.2, 0.25) is 0 Å². The van der Waals surface area contributed by atoms with Crippen molar-refractivity contribution in [2.45, 2.75) is 12.8 Å². The Hall–Kier alpha value is -1.91. The number of carboxylic acids is 1. The van der Waals surface area contributed by atoms with Crippen molar-refractivity contribution in [3.8, 4) is 5.75 Å². The van der Waals surface area contributed by atoms with Gasteiger partial charge in [-0.25, -0.2) is 4.39 Å². The van der Waals surface area contributed by atoms with Crippen LogP contribution in [0.1, 0.15) is 23.2 Å². The molecule has 0 radical (unpaired) electrons. The Morgan fingerprint density at radius 2 is 2.00 bits per heavy atom. The van der Waals surface area contributed by atoms with Crippen molar-refractivity contribution in [3.05, 3.63) is 29.6 Å². The van der Waals surface area contributed by atoms with Crippen LogP contribution in [-0.2, 0) is 4.79 Å². The molecule has 0 amide bonds. The lowest BCUT2D eigenvalue weighted by atomic mass is 10.1. The molecule has 0 unspecified atom stereocenters. The summed E-state index contributed by atoms with van der Waals surface area (Å²) in [5, 5.41) is 8.41. The second kappa shape index (κ2) is 5.25. The van der Waals surface area contributed by atoms with Crippen LogP contribution in [0.3, 0.4) is 0 Å². The second-order valence-corrected chi connectivity index (χ2v) is 3.20. The van der Waals surface area contributed by atoms with Gasteiger partial charge in [-0.15, -0.1) is 0 Å². The molecule has 0 saturated carbocycles. The molecule has 0 heterocycles. The molecule has 0 atom stereocenters. The maximum absolute atomic E-state index is 13.0. The zero-order chi connectivity index (χ0) is 12.1. The highest BCUT2D eigenvalue weighted by molar-refractivity contribution is 5.97. The van der Waals surface area contributed by atoms with E-state index in [1.165, 1.54) is 13.2 Å². The normalized spacial score (nSPS) is 9.88. The highest BCUT2D eigenvalue weighted by atomic mass is 19.1. The van der Waals surface area contributed by atoms with Crippen LogP contribution < -0.4 is 4.74 Å². The van der Waals surface area contributed by atoms with E-state index in [1.54, 1.807) is 0 Å². The summed E-state index contributed by atoms with van der Waals surface area (Å²) in [4.78, 5) is 21.8. The van der Waals surface area contributed by atoms with E-state index in [-0.39, 0.29) is 24.2 Å². The summed E-state index contributed by atoms with van der Waals surface area (Å²) in [7, 11) is 1.36. The molecule has 0 aliphatic rings. The number of halogens is 1. The first-order chi connectivity index (χ1) is 7.52. The highest BCUT2D eigenvalue weighted by Crippen LogP contribution is 2.17. The van der Waals surface area contributed by atoms with Gasteiger partial charge in [0.25, 0.3) is 0 Å². The number of carboxylic acid groups (broad SMARTS) is 1. The van der Waals surface area contributed by atoms with Gasteiger partial charge in [0.1, 0.15) is 11.6 Å². The summed E-state index contributed by atoms with van der Waals surface area (Å²) >= 11 is 0. The third kappa shape index (κ3) is 3.34. The van der Waals surface area contributed by atoms with Crippen molar-refractivity contribution in [1.82, 2.24) is 0 Å². The van der Waals surface area contributed by atoms with Gasteiger partial charge in [-0.1, -0.05) is 0 Å². The van der Waals surface area contributed by atoms with Gasteiger partial charge in [0.05, 0.1) is 13.5 Å². The smallest absolute Gasteiger partial charge is 0.303 e. The summed E-state index contributed by atoms with van der Waals surface area (Å²) in [6, 6.07) is 3.59. The number of carbonyl (C=O) groups excluding carboxylic acids is 1. The fourth-order valence-electron chi connectivity index (χ4n) is 1.21. The number of ether oxygens (including phenoxy) is 1. The van der Waals surface area contributed by atoms with E-state index in [9.17, 15) is 14.0 Å². The number of hydrogen-bond donors (Lipinski definition) is 1. The van der Waals surface area contributed by atoms with Gasteiger partial charge in [-0.05, 0) is 12.1 Å². The zero-order valence-electron chi connectivity index (χ0n) is 8.70. The molecular weight excluding hydrogens is 215 g/mol. The summed E-state index contributed by atoms with van der Waals surface area (Å²) in [6.07, 6.45) is -0.417. The van der Waals surface area contributed by atoms with E-state index >= 15 is 0 Å². The monoisotopic (exact) mass is 226 g/mol. The summed E-state index contributed by atoms with van der Waals surface area (Å²) in [5.41, 5.74) is 0.123. The fourth-order valence-corrected chi connectivity index (χ4v) is 1.21. The fraction of sp³-hybridized carbons (Fsp3) is 0.273. The van der Waals surface area contributed by atoms with Gasteiger partial charge in [-0.2, -0.15) is 0 Å². The molecule has 86 valence electrons. The van der Waals surface area contributed by atoms with Crippen LogP contribution in [0.15, 0.2) is 18.2 Å². The average Bonchev–Trinajstić information content (AvgIpc) is 2.24. The number of benzene rings is 1. The maximum Gasteiger partial charge on any atom is 0.303 e. The topological polar surface area (TPSA) is 63.6 Å². The van der Waals surface area contributed by atoms with Gasteiger partial charge in [0, 0.05) is 18.1 Å². The Bertz CT molecular complexity index is 414. The molecule has 16 heavy (non-hydrogen) atoms. The molecule has 0 aliphatic carbocycles. The van der Waals surface area contributed by atoms with Crippen LogP contribution in [0.4, 0.5) is 4.39 Å². The Balaban J connectivity index is 2.82. The van der Waals surface area contributed by atoms with Crippen LogP contribution in [0.5, 0.6) is 5.75 Å². The number of hydrogen-bond acceptors (Lipinski definition) is 3. The maximum atomic E-state index is 13.0. The molecule has 0 spiro atoms. The van der Waals surface area contributed by atoms with Gasteiger partial charge in [-0.3, -0.25) is 9.59 Å². The average molecular weight is 226 g/mol. The van der Waals surface area contributed by atoms with Gasteiger partial charge in [0.15, 0.2) is 5.78 Å². The minimum absolute atomic E-state index is 0.123. The number of rotatable bonds is 5. The van der Waals surface area contributed by atoms with E-state index in [4.69, 9.17) is 9.84 Å². The van der Waals surface area contributed by atoms with Crippen LogP contribution in [0.25, 0.3) is 0 Å². The molecule has 0 saturated heterocycles. The van der Waals surface area contributed by atoms with Crippen LogP contribution >= 0.6 is 0 Å². The Morgan fingerprint density at radius 1 is 1.31 bits per heavy atom. The van der Waals surface area contributed by atoms with Crippen molar-refractivity contribution >= 4 is 11.8 Å². The number of carbonyl (C=O) groups is 2. The van der Waals surface area contributed by atoms with Crippen molar-refractivity contribution in [3.63, 3.8) is 0 Å². The standard InChI is InChI=1S/C11H11FO4/c1-16-9-5-7(4-8(12)6-9)10(13)2-3-11(14)15/h4-6H,2-3H2,1H3,(H,14,15). The molecule has 0 aliphatic heterocycles. The number of aliphatic carboxylic acids is 1. The highest BCUT2D eigenvalue weighted by Gasteiger charge is 2.11. The lowest BCUT2D eigenvalue weighted by Gasteiger charge is -2.03. The van der Waals surface area contributed by atoms with Crippen LogP contribution in [0.2, 0.25) is 0 Å². The summed E-state index contributed by atoms with van der Waals surface area (Å²) < 4.78 is 17.8. The third-order valence-corrected chi connectivity index (χ3v) is 1.99. The van der Waals surface area contributed by atoms with Crippen LogP contribution in [0, 0.1) is 5.82 Å². The third-order valence-electron chi connectivity index (χ3n) is 1.99. The van der Waals surface area contributed by atoms with Crippen LogP contribution in [-0.4, -0.2) is 24.0 Å². The van der Waals surface area contributed by atoms with Crippen molar-refractivity contribution in [1.29, 1.82) is 0 Å². The largest absolute Gasteiger partial charge is 0.497 e. The van der Waals surface area contributed by atoms with E-state index < -0.39 is 17.6 Å². The summed E-state index contributed by atoms with van der Waals surface area (Å²) in [5.74, 6) is -1.83. The molecule has 1 rings (SSSR count). The first-order valence-corrected chi connectivity index (χ1v) is 4.62. The molecule has 0 bridgehead atoms. The van der Waals surface area contributed by atoms with Gasteiger partial charge >= 0.3 is 5.97 Å². The van der Waals surface area contributed by atoms with E-state index in [0.29, 0.717) is 0 Å². The molecule has 1 N–H and O–H groups in total. The minimum atomic E-state index is -1.06. The number of ketones is 1. The Morgan fingerprint density at radius 3 is 2.56 bits per heavy atom. The van der Waals surface area contributed by atoms with E-state index in [1.807, 2.05) is 0 Å². The molecule has 1 aromatic rings. The SMILES string of the molecule is COc1cc(F)cc(C(=O)CCC(=O)O)c1. The number of Topliss-reactive ketones (excluding diaryl/α,β-unsaturated/α-hetero) is 1.